The Hall–Kier alpha value is -1.58. The number of carboxylic acids is 1. The average Bonchev–Trinajstić information content (AvgIpc) is 2.17. The molecule has 0 saturated carbocycles. The van der Waals surface area contributed by atoms with Crippen molar-refractivity contribution in [3.8, 4) is 5.75 Å². The average molecular weight is 198 g/mol. The van der Waals surface area contributed by atoms with E-state index in [9.17, 15) is 14.3 Å². The summed E-state index contributed by atoms with van der Waals surface area (Å²) in [5.74, 6) is -1.99. The van der Waals surface area contributed by atoms with Crippen molar-refractivity contribution in [3.05, 3.63) is 29.3 Å². The van der Waals surface area contributed by atoms with Crippen molar-refractivity contribution >= 4 is 5.97 Å². The molecular weight excluding hydrogens is 187 g/mol. The predicted molar refractivity (Wildman–Crippen MR) is 49.0 cm³/mol. The second kappa shape index (κ2) is 4.09. The van der Waals surface area contributed by atoms with Crippen LogP contribution in [0.15, 0.2) is 18.2 Å². The van der Waals surface area contributed by atoms with E-state index in [1.54, 1.807) is 0 Å². The monoisotopic (exact) mass is 198 g/mol. The van der Waals surface area contributed by atoms with Gasteiger partial charge in [0.1, 0.15) is 12.4 Å². The molecule has 1 atom stereocenters. The number of aromatic hydroxyl groups is 1. The quantitative estimate of drug-likeness (QED) is 0.781. The van der Waals surface area contributed by atoms with E-state index in [-0.39, 0.29) is 11.3 Å². The number of phenolic OH excluding ortho intramolecular Hbond substituents is 1. The first-order valence-corrected chi connectivity index (χ1v) is 4.16. The van der Waals surface area contributed by atoms with Crippen molar-refractivity contribution in [2.24, 2.45) is 0 Å². The molecule has 14 heavy (non-hydrogen) atoms. The number of aliphatic carboxylic acids is 1. The zero-order valence-corrected chi connectivity index (χ0v) is 7.70. The number of rotatable bonds is 3. The number of halogens is 1. The van der Waals surface area contributed by atoms with E-state index in [0.717, 1.165) is 0 Å². The number of phenols is 1. The Labute approximate surface area is 80.8 Å². The van der Waals surface area contributed by atoms with Crippen LogP contribution in [-0.4, -0.2) is 16.2 Å². The molecule has 0 fully saturated rings. The summed E-state index contributed by atoms with van der Waals surface area (Å²) in [6, 6.07) is 4.10. The highest BCUT2D eigenvalue weighted by atomic mass is 19.1. The Morgan fingerprint density at radius 1 is 1.57 bits per heavy atom. The third kappa shape index (κ3) is 2.02. The van der Waals surface area contributed by atoms with Gasteiger partial charge in [-0.2, -0.15) is 0 Å². The van der Waals surface area contributed by atoms with Crippen LogP contribution < -0.4 is 0 Å². The van der Waals surface area contributed by atoms with Crippen molar-refractivity contribution in [3.63, 3.8) is 0 Å². The second-order valence-corrected chi connectivity index (χ2v) is 3.09. The number of carboxylic acid groups (broad SMARTS) is 1. The Balaban J connectivity index is 3.11. The van der Waals surface area contributed by atoms with E-state index < -0.39 is 18.6 Å². The third-order valence-electron chi connectivity index (χ3n) is 2.08. The maximum atomic E-state index is 12.3. The van der Waals surface area contributed by atoms with E-state index in [0.29, 0.717) is 5.56 Å². The standard InChI is InChI=1S/C10H11FO3/c1-6(10(13)14)8-4-7(5-11)2-3-9(8)12/h2-4,6,12H,5H2,1H3,(H,13,14). The van der Waals surface area contributed by atoms with E-state index in [4.69, 9.17) is 5.11 Å². The molecule has 3 nitrogen and oxygen atoms in total. The minimum atomic E-state index is -1.05. The predicted octanol–water partition coefficient (Wildman–Crippen LogP) is 2.05. The van der Waals surface area contributed by atoms with Gasteiger partial charge in [0.05, 0.1) is 5.92 Å². The van der Waals surface area contributed by atoms with Gasteiger partial charge in [0, 0.05) is 5.56 Å². The van der Waals surface area contributed by atoms with Crippen molar-refractivity contribution < 1.29 is 19.4 Å². The molecule has 0 amide bonds. The van der Waals surface area contributed by atoms with Crippen LogP contribution in [0, 0.1) is 0 Å². The minimum Gasteiger partial charge on any atom is -0.508 e. The second-order valence-electron chi connectivity index (χ2n) is 3.09. The molecular formula is C10H11FO3. The van der Waals surface area contributed by atoms with Gasteiger partial charge >= 0.3 is 5.97 Å². The van der Waals surface area contributed by atoms with Gasteiger partial charge in [-0.05, 0) is 24.6 Å². The fourth-order valence-corrected chi connectivity index (χ4v) is 1.17. The smallest absolute Gasteiger partial charge is 0.310 e. The molecule has 0 aliphatic heterocycles. The highest BCUT2D eigenvalue weighted by Crippen LogP contribution is 2.27. The Morgan fingerprint density at radius 2 is 2.21 bits per heavy atom. The van der Waals surface area contributed by atoms with Crippen molar-refractivity contribution in [2.75, 3.05) is 0 Å². The SMILES string of the molecule is CC(C(=O)O)c1cc(CF)ccc1O. The van der Waals surface area contributed by atoms with Crippen LogP contribution >= 0.6 is 0 Å². The molecule has 76 valence electrons. The first-order chi connectivity index (χ1) is 6.56. The molecule has 2 N–H and O–H groups in total. The zero-order chi connectivity index (χ0) is 10.7. The summed E-state index contributed by atoms with van der Waals surface area (Å²) in [6.07, 6.45) is 0. The molecule has 0 bridgehead atoms. The van der Waals surface area contributed by atoms with Crippen LogP contribution in [-0.2, 0) is 11.5 Å². The van der Waals surface area contributed by atoms with Gasteiger partial charge in [0.25, 0.3) is 0 Å². The summed E-state index contributed by atoms with van der Waals surface area (Å²) >= 11 is 0. The third-order valence-corrected chi connectivity index (χ3v) is 2.08. The first-order valence-electron chi connectivity index (χ1n) is 4.16. The number of hydrogen-bond donors (Lipinski definition) is 2. The lowest BCUT2D eigenvalue weighted by atomic mass is 9.98. The van der Waals surface area contributed by atoms with E-state index in [1.165, 1.54) is 25.1 Å². The van der Waals surface area contributed by atoms with Gasteiger partial charge in [-0.15, -0.1) is 0 Å². The summed E-state index contributed by atoms with van der Waals surface area (Å²) < 4.78 is 12.3. The van der Waals surface area contributed by atoms with Gasteiger partial charge in [0.2, 0.25) is 0 Å². The molecule has 0 aliphatic rings. The highest BCUT2D eigenvalue weighted by Gasteiger charge is 2.17. The van der Waals surface area contributed by atoms with Crippen LogP contribution in [0.5, 0.6) is 5.75 Å². The summed E-state index contributed by atoms with van der Waals surface area (Å²) in [7, 11) is 0. The normalized spacial score (nSPS) is 12.4. The zero-order valence-electron chi connectivity index (χ0n) is 7.70. The van der Waals surface area contributed by atoms with E-state index in [2.05, 4.69) is 0 Å². The van der Waals surface area contributed by atoms with Crippen molar-refractivity contribution in [1.29, 1.82) is 0 Å². The number of carbonyl (C=O) groups is 1. The largest absolute Gasteiger partial charge is 0.508 e. The molecule has 0 saturated heterocycles. The molecule has 1 aromatic rings. The van der Waals surface area contributed by atoms with Crippen LogP contribution in [0.1, 0.15) is 24.0 Å². The lowest BCUT2D eigenvalue weighted by Gasteiger charge is -2.09. The molecule has 0 radical (unpaired) electrons. The first kappa shape index (κ1) is 10.5. The lowest BCUT2D eigenvalue weighted by Crippen LogP contribution is -2.07. The molecule has 0 aliphatic carbocycles. The molecule has 1 unspecified atom stereocenters. The number of alkyl halides is 1. The fraction of sp³-hybridized carbons (Fsp3) is 0.300. The Morgan fingerprint density at radius 3 is 2.71 bits per heavy atom. The molecule has 4 heteroatoms. The topological polar surface area (TPSA) is 57.5 Å². The van der Waals surface area contributed by atoms with Gasteiger partial charge in [-0.1, -0.05) is 6.07 Å². The van der Waals surface area contributed by atoms with Crippen LogP contribution in [0.4, 0.5) is 4.39 Å². The van der Waals surface area contributed by atoms with Gasteiger partial charge < -0.3 is 10.2 Å². The van der Waals surface area contributed by atoms with Gasteiger partial charge in [-0.25, -0.2) is 4.39 Å². The molecule has 0 heterocycles. The summed E-state index contributed by atoms with van der Waals surface area (Å²) in [5.41, 5.74) is 0.610. The molecule has 0 spiro atoms. The van der Waals surface area contributed by atoms with Crippen molar-refractivity contribution in [2.45, 2.75) is 19.5 Å². The van der Waals surface area contributed by atoms with Gasteiger partial charge in [0.15, 0.2) is 0 Å². The highest BCUT2D eigenvalue weighted by molar-refractivity contribution is 5.76. The molecule has 0 aromatic heterocycles. The van der Waals surface area contributed by atoms with Crippen LogP contribution in [0.25, 0.3) is 0 Å². The lowest BCUT2D eigenvalue weighted by molar-refractivity contribution is -0.138. The van der Waals surface area contributed by atoms with E-state index in [1.807, 2.05) is 0 Å². The van der Waals surface area contributed by atoms with Gasteiger partial charge in [-0.3, -0.25) is 4.79 Å². The molecule has 1 rings (SSSR count). The summed E-state index contributed by atoms with van der Waals surface area (Å²) in [6.45, 7) is 0.777. The van der Waals surface area contributed by atoms with E-state index >= 15 is 0 Å². The van der Waals surface area contributed by atoms with Crippen molar-refractivity contribution in [1.82, 2.24) is 0 Å². The summed E-state index contributed by atoms with van der Waals surface area (Å²) in [5, 5.41) is 18.1. The molecule has 1 aromatic carbocycles. The minimum absolute atomic E-state index is 0.114. The Kier molecular flexibility index (Phi) is 3.06. The number of benzene rings is 1. The number of hydrogen-bond acceptors (Lipinski definition) is 2. The maximum absolute atomic E-state index is 12.3. The van der Waals surface area contributed by atoms with Crippen LogP contribution in [0.3, 0.4) is 0 Å². The fourth-order valence-electron chi connectivity index (χ4n) is 1.17. The van der Waals surface area contributed by atoms with Crippen LogP contribution in [0.2, 0.25) is 0 Å². The Bertz CT molecular complexity index is 349. The maximum Gasteiger partial charge on any atom is 0.310 e. The summed E-state index contributed by atoms with van der Waals surface area (Å²) in [4.78, 5) is 10.6.